The lowest BCUT2D eigenvalue weighted by molar-refractivity contribution is -0.141. The van der Waals surface area contributed by atoms with Gasteiger partial charge in [0.15, 0.2) is 5.69 Å². The van der Waals surface area contributed by atoms with Crippen LogP contribution in [-0.4, -0.2) is 16.0 Å². The van der Waals surface area contributed by atoms with Gasteiger partial charge in [-0.25, -0.2) is 4.98 Å². The first-order chi connectivity index (χ1) is 11.4. The zero-order valence-electron chi connectivity index (χ0n) is 12.7. The van der Waals surface area contributed by atoms with Crippen molar-refractivity contribution in [2.45, 2.75) is 37.9 Å². The monoisotopic (exact) mass is 356 g/mol. The van der Waals surface area contributed by atoms with E-state index in [9.17, 15) is 13.2 Å². The molecular formula is C16H16ClF3N4. The second-order valence-corrected chi connectivity index (χ2v) is 6.16. The smallest absolute Gasteiger partial charge is 0.351 e. The van der Waals surface area contributed by atoms with Gasteiger partial charge in [0.2, 0.25) is 5.95 Å². The van der Waals surface area contributed by atoms with Crippen LogP contribution in [0.5, 0.6) is 0 Å². The third-order valence-corrected chi connectivity index (χ3v) is 4.04. The molecule has 1 aromatic heterocycles. The molecule has 1 saturated carbocycles. The van der Waals surface area contributed by atoms with Crippen LogP contribution in [0.2, 0.25) is 5.02 Å². The molecule has 0 atom stereocenters. The number of aromatic nitrogens is 2. The van der Waals surface area contributed by atoms with Gasteiger partial charge in [-0.3, -0.25) is 0 Å². The van der Waals surface area contributed by atoms with Crippen LogP contribution >= 0.6 is 11.6 Å². The summed E-state index contributed by atoms with van der Waals surface area (Å²) < 4.78 is 39.3. The Kier molecular flexibility index (Phi) is 4.80. The summed E-state index contributed by atoms with van der Waals surface area (Å²) in [5.74, 6) is 0.0568. The van der Waals surface area contributed by atoms with Crippen molar-refractivity contribution in [1.82, 2.24) is 9.97 Å². The van der Waals surface area contributed by atoms with Crippen molar-refractivity contribution in [1.29, 1.82) is 0 Å². The predicted molar refractivity (Wildman–Crippen MR) is 87.6 cm³/mol. The Labute approximate surface area is 142 Å². The summed E-state index contributed by atoms with van der Waals surface area (Å²) in [5.41, 5.74) is -0.427. The molecule has 3 rings (SSSR count). The summed E-state index contributed by atoms with van der Waals surface area (Å²) in [4.78, 5) is 7.77. The van der Waals surface area contributed by atoms with Gasteiger partial charge in [0.05, 0.1) is 0 Å². The zero-order valence-corrected chi connectivity index (χ0v) is 13.5. The van der Waals surface area contributed by atoms with E-state index >= 15 is 0 Å². The van der Waals surface area contributed by atoms with Gasteiger partial charge in [-0.05, 0) is 31.0 Å². The van der Waals surface area contributed by atoms with Crippen molar-refractivity contribution in [3.8, 4) is 0 Å². The molecule has 4 nitrogen and oxygen atoms in total. The number of anilines is 3. The Morgan fingerprint density at radius 1 is 1.08 bits per heavy atom. The quantitative estimate of drug-likeness (QED) is 0.785. The summed E-state index contributed by atoms with van der Waals surface area (Å²) in [7, 11) is 0. The number of nitrogens with zero attached hydrogens (tertiary/aromatic N) is 2. The number of alkyl halides is 3. The Hall–Kier alpha value is -2.02. The predicted octanol–water partition coefficient (Wildman–Crippen LogP) is 5.25. The van der Waals surface area contributed by atoms with Gasteiger partial charge in [-0.2, -0.15) is 18.2 Å². The molecule has 1 aliphatic rings. The first-order valence-corrected chi connectivity index (χ1v) is 8.03. The molecule has 128 valence electrons. The molecule has 0 unspecified atom stereocenters. The molecule has 1 aliphatic carbocycles. The highest BCUT2D eigenvalue weighted by molar-refractivity contribution is 6.30. The lowest BCUT2D eigenvalue weighted by atomic mass is 10.2. The third-order valence-electron chi connectivity index (χ3n) is 3.80. The Morgan fingerprint density at radius 2 is 1.83 bits per heavy atom. The first-order valence-electron chi connectivity index (χ1n) is 7.65. The molecular weight excluding hydrogens is 341 g/mol. The number of halogens is 4. The molecule has 0 bridgehead atoms. The standard InChI is InChI=1S/C16H16ClF3N4/c17-10-4-3-7-12(8-10)21-14-9-13(16(18,19)20)23-15(24-14)22-11-5-1-2-6-11/h3-4,7-9,11H,1-2,5-6H2,(H2,21,22,23,24). The highest BCUT2D eigenvalue weighted by Gasteiger charge is 2.34. The lowest BCUT2D eigenvalue weighted by Gasteiger charge is -2.15. The summed E-state index contributed by atoms with van der Waals surface area (Å²) in [6, 6.07) is 7.70. The van der Waals surface area contributed by atoms with Crippen molar-refractivity contribution in [3.05, 3.63) is 41.0 Å². The van der Waals surface area contributed by atoms with Gasteiger partial charge in [0, 0.05) is 22.8 Å². The van der Waals surface area contributed by atoms with E-state index in [2.05, 4.69) is 20.6 Å². The van der Waals surface area contributed by atoms with Gasteiger partial charge in [-0.1, -0.05) is 30.5 Å². The Bertz CT molecular complexity index is 715. The summed E-state index contributed by atoms with van der Waals surface area (Å²) in [5, 5.41) is 6.33. The maximum Gasteiger partial charge on any atom is 0.433 e. The van der Waals surface area contributed by atoms with Gasteiger partial charge in [-0.15, -0.1) is 0 Å². The van der Waals surface area contributed by atoms with Crippen LogP contribution < -0.4 is 10.6 Å². The van der Waals surface area contributed by atoms with Gasteiger partial charge < -0.3 is 10.6 Å². The summed E-state index contributed by atoms with van der Waals surface area (Å²) in [6.45, 7) is 0. The number of benzene rings is 1. The minimum atomic E-state index is -4.54. The molecule has 0 aliphatic heterocycles. The van der Waals surface area contributed by atoms with Gasteiger partial charge in [0.25, 0.3) is 0 Å². The Balaban J connectivity index is 1.88. The number of nitrogens with one attached hydrogen (secondary N) is 2. The molecule has 24 heavy (non-hydrogen) atoms. The largest absolute Gasteiger partial charge is 0.433 e. The molecule has 0 amide bonds. The van der Waals surface area contributed by atoms with E-state index in [1.807, 2.05) is 0 Å². The van der Waals surface area contributed by atoms with E-state index in [1.54, 1.807) is 24.3 Å². The summed E-state index contributed by atoms with van der Waals surface area (Å²) in [6.07, 6.45) is -0.596. The lowest BCUT2D eigenvalue weighted by Crippen LogP contribution is -2.19. The Morgan fingerprint density at radius 3 is 2.50 bits per heavy atom. The third kappa shape index (κ3) is 4.29. The molecule has 1 heterocycles. The van der Waals surface area contributed by atoms with Crippen LogP contribution in [0.3, 0.4) is 0 Å². The first kappa shape index (κ1) is 16.8. The van der Waals surface area contributed by atoms with E-state index in [0.717, 1.165) is 31.7 Å². The summed E-state index contributed by atoms with van der Waals surface area (Å²) >= 11 is 5.89. The van der Waals surface area contributed by atoms with E-state index < -0.39 is 11.9 Å². The number of hydrogen-bond acceptors (Lipinski definition) is 4. The maximum absolute atomic E-state index is 13.1. The van der Waals surface area contributed by atoms with E-state index in [1.165, 1.54) is 0 Å². The van der Waals surface area contributed by atoms with Crippen molar-refractivity contribution in [2.24, 2.45) is 0 Å². The topological polar surface area (TPSA) is 49.8 Å². The van der Waals surface area contributed by atoms with E-state index in [4.69, 9.17) is 11.6 Å². The fraction of sp³-hybridized carbons (Fsp3) is 0.375. The van der Waals surface area contributed by atoms with Crippen molar-refractivity contribution in [2.75, 3.05) is 10.6 Å². The van der Waals surface area contributed by atoms with Gasteiger partial charge in [0.1, 0.15) is 5.82 Å². The van der Waals surface area contributed by atoms with Crippen LogP contribution in [0.1, 0.15) is 31.4 Å². The zero-order chi connectivity index (χ0) is 17.2. The average Bonchev–Trinajstić information content (AvgIpc) is 2.99. The second-order valence-electron chi connectivity index (χ2n) is 5.72. The van der Waals surface area contributed by atoms with E-state index in [0.29, 0.717) is 10.7 Å². The van der Waals surface area contributed by atoms with Crippen molar-refractivity contribution < 1.29 is 13.2 Å². The van der Waals surface area contributed by atoms with Crippen LogP contribution in [0, 0.1) is 0 Å². The van der Waals surface area contributed by atoms with E-state index in [-0.39, 0.29) is 17.8 Å². The van der Waals surface area contributed by atoms with Crippen molar-refractivity contribution >= 4 is 29.1 Å². The second kappa shape index (κ2) is 6.84. The molecule has 8 heteroatoms. The number of hydrogen-bond donors (Lipinski definition) is 2. The van der Waals surface area contributed by atoms with Crippen LogP contribution in [-0.2, 0) is 6.18 Å². The maximum atomic E-state index is 13.1. The fourth-order valence-electron chi connectivity index (χ4n) is 2.69. The van der Waals surface area contributed by atoms with Gasteiger partial charge >= 0.3 is 6.18 Å². The molecule has 1 fully saturated rings. The molecule has 1 aromatic carbocycles. The minimum absolute atomic E-state index is 0.0127. The molecule has 0 radical (unpaired) electrons. The average molecular weight is 357 g/mol. The molecule has 2 aromatic rings. The SMILES string of the molecule is FC(F)(F)c1cc(Nc2cccc(Cl)c2)nc(NC2CCCC2)n1. The van der Waals surface area contributed by atoms with Crippen LogP contribution in [0.15, 0.2) is 30.3 Å². The highest BCUT2D eigenvalue weighted by atomic mass is 35.5. The molecule has 0 saturated heterocycles. The number of rotatable bonds is 4. The van der Waals surface area contributed by atoms with Crippen LogP contribution in [0.25, 0.3) is 0 Å². The minimum Gasteiger partial charge on any atom is -0.351 e. The molecule has 0 spiro atoms. The molecule has 2 N–H and O–H groups in total. The van der Waals surface area contributed by atoms with Crippen LogP contribution in [0.4, 0.5) is 30.6 Å². The fourth-order valence-corrected chi connectivity index (χ4v) is 2.88. The van der Waals surface area contributed by atoms with Crippen molar-refractivity contribution in [3.63, 3.8) is 0 Å². The normalized spacial score (nSPS) is 15.5. The highest BCUT2D eigenvalue weighted by Crippen LogP contribution is 2.31.